The molecule has 0 radical (unpaired) electrons. The van der Waals surface area contributed by atoms with Gasteiger partial charge in [-0.2, -0.15) is 5.10 Å². The van der Waals surface area contributed by atoms with E-state index in [9.17, 15) is 0 Å². The van der Waals surface area contributed by atoms with E-state index in [1.807, 2.05) is 35.0 Å². The largest absolute Gasteiger partial charge is 0.489 e. The average molecular weight is 435 g/mol. The third-order valence-corrected chi connectivity index (χ3v) is 5.37. The Kier molecular flexibility index (Phi) is 7.34. The van der Waals surface area contributed by atoms with E-state index < -0.39 is 0 Å². The topological polar surface area (TPSA) is 85.6 Å². The first-order valence-corrected chi connectivity index (χ1v) is 10.9. The van der Waals surface area contributed by atoms with Crippen LogP contribution in [0.1, 0.15) is 29.2 Å². The molecular formula is C24H30N6O2. The van der Waals surface area contributed by atoms with Crippen LogP contribution in [0.15, 0.2) is 59.6 Å². The van der Waals surface area contributed by atoms with Crippen molar-refractivity contribution in [2.24, 2.45) is 4.99 Å². The zero-order chi connectivity index (χ0) is 22.2. The number of hydrogen-bond donors (Lipinski definition) is 2. The van der Waals surface area contributed by atoms with Crippen LogP contribution in [0.5, 0.6) is 5.75 Å². The molecule has 0 bridgehead atoms. The van der Waals surface area contributed by atoms with E-state index in [1.54, 1.807) is 14.2 Å². The molecule has 8 nitrogen and oxygen atoms in total. The predicted molar refractivity (Wildman–Crippen MR) is 123 cm³/mol. The molecule has 4 rings (SSSR count). The van der Waals surface area contributed by atoms with Crippen molar-refractivity contribution in [1.29, 1.82) is 0 Å². The number of hydrogen-bond acceptors (Lipinski definition) is 5. The van der Waals surface area contributed by atoms with Gasteiger partial charge in [-0.25, -0.2) is 9.67 Å². The smallest absolute Gasteiger partial charge is 0.191 e. The first-order valence-electron chi connectivity index (χ1n) is 10.9. The number of aromatic nitrogens is 3. The molecule has 0 amide bonds. The van der Waals surface area contributed by atoms with Crippen molar-refractivity contribution in [2.75, 3.05) is 14.2 Å². The molecule has 1 aromatic heterocycles. The highest BCUT2D eigenvalue weighted by Gasteiger charge is 2.22. The van der Waals surface area contributed by atoms with Gasteiger partial charge in [-0.1, -0.05) is 42.5 Å². The fraction of sp³-hybridized carbons (Fsp3) is 0.375. The highest BCUT2D eigenvalue weighted by Crippen LogP contribution is 2.15. The van der Waals surface area contributed by atoms with Crippen molar-refractivity contribution >= 4 is 5.96 Å². The molecule has 1 unspecified atom stereocenters. The van der Waals surface area contributed by atoms with E-state index >= 15 is 0 Å². The lowest BCUT2D eigenvalue weighted by molar-refractivity contribution is 0.177. The molecule has 0 aliphatic carbocycles. The highest BCUT2D eigenvalue weighted by molar-refractivity contribution is 5.79. The zero-order valence-electron chi connectivity index (χ0n) is 18.6. The summed E-state index contributed by atoms with van der Waals surface area (Å²) in [4.78, 5) is 8.90. The van der Waals surface area contributed by atoms with E-state index in [-0.39, 0.29) is 6.04 Å². The van der Waals surface area contributed by atoms with Gasteiger partial charge in [0.2, 0.25) is 0 Å². The number of ether oxygens (including phenoxy) is 2. The lowest BCUT2D eigenvalue weighted by atomic mass is 10.1. The Labute approximate surface area is 188 Å². The van der Waals surface area contributed by atoms with Gasteiger partial charge in [0.05, 0.1) is 6.54 Å². The number of nitrogens with zero attached hydrogens (tertiary/aromatic N) is 4. The molecule has 1 atom stereocenters. The monoisotopic (exact) mass is 434 g/mol. The fourth-order valence-corrected chi connectivity index (χ4v) is 3.69. The van der Waals surface area contributed by atoms with Crippen LogP contribution in [0.3, 0.4) is 0 Å². The molecular weight excluding hydrogens is 404 g/mol. The van der Waals surface area contributed by atoms with Crippen molar-refractivity contribution < 1.29 is 9.47 Å². The van der Waals surface area contributed by atoms with Crippen LogP contribution in [0.2, 0.25) is 0 Å². The van der Waals surface area contributed by atoms with E-state index in [0.717, 1.165) is 53.9 Å². The summed E-state index contributed by atoms with van der Waals surface area (Å²) < 4.78 is 13.0. The van der Waals surface area contributed by atoms with Crippen LogP contribution in [0.25, 0.3) is 0 Å². The van der Waals surface area contributed by atoms with Crippen molar-refractivity contribution in [3.63, 3.8) is 0 Å². The van der Waals surface area contributed by atoms with E-state index in [1.165, 1.54) is 0 Å². The third kappa shape index (κ3) is 5.85. The lowest BCUT2D eigenvalue weighted by Gasteiger charge is -2.25. The Morgan fingerprint density at radius 3 is 2.66 bits per heavy atom. The van der Waals surface area contributed by atoms with Crippen LogP contribution < -0.4 is 15.4 Å². The van der Waals surface area contributed by atoms with Crippen molar-refractivity contribution in [2.45, 2.75) is 45.2 Å². The molecule has 0 saturated carbocycles. The van der Waals surface area contributed by atoms with Crippen molar-refractivity contribution in [3.05, 3.63) is 77.4 Å². The minimum atomic E-state index is 0.250. The van der Waals surface area contributed by atoms with Gasteiger partial charge in [0.15, 0.2) is 11.8 Å². The molecule has 0 saturated heterocycles. The number of aryl methyl sites for hydroxylation is 1. The van der Waals surface area contributed by atoms with Gasteiger partial charge < -0.3 is 20.1 Å². The lowest BCUT2D eigenvalue weighted by Crippen LogP contribution is -2.46. The molecule has 0 fully saturated rings. The maximum atomic E-state index is 5.86. The molecule has 8 heteroatoms. The molecule has 2 heterocycles. The molecule has 2 aromatic carbocycles. The Hall–Kier alpha value is -3.39. The van der Waals surface area contributed by atoms with Crippen LogP contribution in [0.4, 0.5) is 0 Å². The summed E-state index contributed by atoms with van der Waals surface area (Å²) in [5.41, 5.74) is 2.31. The number of benzene rings is 2. The number of rotatable bonds is 8. The summed E-state index contributed by atoms with van der Waals surface area (Å²) in [6.45, 7) is 2.45. The van der Waals surface area contributed by atoms with E-state index in [4.69, 9.17) is 9.47 Å². The van der Waals surface area contributed by atoms with Crippen molar-refractivity contribution in [3.8, 4) is 5.75 Å². The Bertz CT molecular complexity index is 1020. The summed E-state index contributed by atoms with van der Waals surface area (Å²) >= 11 is 0. The highest BCUT2D eigenvalue weighted by atomic mass is 16.5. The maximum Gasteiger partial charge on any atom is 0.191 e. The molecule has 1 aliphatic heterocycles. The Morgan fingerprint density at radius 1 is 1.09 bits per heavy atom. The minimum Gasteiger partial charge on any atom is -0.489 e. The van der Waals surface area contributed by atoms with Crippen LogP contribution in [-0.2, 0) is 37.5 Å². The van der Waals surface area contributed by atoms with E-state index in [0.29, 0.717) is 19.8 Å². The third-order valence-electron chi connectivity index (χ3n) is 5.37. The number of aliphatic imine (C=N–C) groups is 1. The number of methoxy groups -OCH3 is 1. The van der Waals surface area contributed by atoms with Gasteiger partial charge in [-0.05, 0) is 29.7 Å². The molecule has 0 spiro atoms. The van der Waals surface area contributed by atoms with Crippen LogP contribution in [0, 0.1) is 0 Å². The quantitative estimate of drug-likeness (QED) is 0.419. The van der Waals surface area contributed by atoms with E-state index in [2.05, 4.69) is 50.0 Å². The maximum absolute atomic E-state index is 5.86. The standard InChI is InChI=1S/C24H30N6O2/c1-25-24(27-20-10-13-23-28-22(17-31-2)29-30(23)15-20)26-14-18-8-11-21(12-9-18)32-16-19-6-4-3-5-7-19/h3-9,11-12,20H,10,13-17H2,1-2H3,(H2,25,26,27). The van der Waals surface area contributed by atoms with Gasteiger partial charge >= 0.3 is 0 Å². The average Bonchev–Trinajstić information content (AvgIpc) is 3.23. The first kappa shape index (κ1) is 21.8. The normalized spacial score (nSPS) is 15.8. The second kappa shape index (κ2) is 10.8. The molecule has 32 heavy (non-hydrogen) atoms. The first-order chi connectivity index (χ1) is 15.7. The minimum absolute atomic E-state index is 0.250. The summed E-state index contributed by atoms with van der Waals surface area (Å²) in [5, 5.41) is 11.4. The second-order valence-electron chi connectivity index (χ2n) is 7.78. The molecule has 1 aliphatic rings. The number of guanidine groups is 1. The molecule has 168 valence electrons. The SMILES string of the molecule is CN=C(NCc1ccc(OCc2ccccc2)cc1)NC1CCc2nc(COC)nn2C1. The van der Waals surface area contributed by atoms with Crippen LogP contribution in [-0.4, -0.2) is 40.9 Å². The van der Waals surface area contributed by atoms with Gasteiger partial charge in [-0.3, -0.25) is 4.99 Å². The molecule has 2 N–H and O–H groups in total. The van der Waals surface area contributed by atoms with Gasteiger partial charge in [0.25, 0.3) is 0 Å². The van der Waals surface area contributed by atoms with Crippen molar-refractivity contribution in [1.82, 2.24) is 25.4 Å². The van der Waals surface area contributed by atoms with Crippen LogP contribution >= 0.6 is 0 Å². The molecule has 3 aromatic rings. The summed E-state index contributed by atoms with van der Waals surface area (Å²) in [7, 11) is 3.45. The van der Waals surface area contributed by atoms with Gasteiger partial charge in [-0.15, -0.1) is 0 Å². The summed E-state index contributed by atoms with van der Waals surface area (Å²) in [6, 6.07) is 18.6. The fourth-order valence-electron chi connectivity index (χ4n) is 3.69. The predicted octanol–water partition coefficient (Wildman–Crippen LogP) is 2.68. The Balaban J connectivity index is 1.24. The number of fused-ring (bicyclic) bond motifs is 1. The number of nitrogens with one attached hydrogen (secondary N) is 2. The van der Waals surface area contributed by atoms with Gasteiger partial charge in [0, 0.05) is 33.2 Å². The van der Waals surface area contributed by atoms with Gasteiger partial charge in [0.1, 0.15) is 24.8 Å². The summed E-state index contributed by atoms with van der Waals surface area (Å²) in [5.74, 6) is 3.40. The Morgan fingerprint density at radius 2 is 1.91 bits per heavy atom. The summed E-state index contributed by atoms with van der Waals surface area (Å²) in [6.07, 6.45) is 1.87. The second-order valence-corrected chi connectivity index (χ2v) is 7.78. The zero-order valence-corrected chi connectivity index (χ0v) is 18.6.